The molecule has 0 bridgehead atoms. The van der Waals surface area contributed by atoms with E-state index in [1.165, 1.54) is 17.8 Å². The fourth-order valence-corrected chi connectivity index (χ4v) is 2.57. The third-order valence-electron chi connectivity index (χ3n) is 3.34. The molecule has 0 radical (unpaired) electrons. The first-order valence-corrected chi connectivity index (χ1v) is 9.40. The maximum absolute atomic E-state index is 10.6. The number of thioether (sulfide) groups is 1. The zero-order valence-corrected chi connectivity index (χ0v) is 16.3. The minimum absolute atomic E-state index is 0. The Bertz CT molecular complexity index is 854. The van der Waals surface area contributed by atoms with Gasteiger partial charge in [-0.05, 0) is 41.6 Å². The highest BCUT2D eigenvalue weighted by molar-refractivity contribution is 8.13. The van der Waals surface area contributed by atoms with Crippen LogP contribution < -0.4 is 5.73 Å². The minimum atomic E-state index is -0.940. The van der Waals surface area contributed by atoms with Crippen LogP contribution in [-0.4, -0.2) is 38.4 Å². The average Bonchev–Trinajstić information content (AvgIpc) is 2.62. The monoisotopic (exact) mass is 436 g/mol. The summed E-state index contributed by atoms with van der Waals surface area (Å²) in [5.41, 5.74) is 7.56. The second kappa shape index (κ2) is 14.3. The van der Waals surface area contributed by atoms with Crippen molar-refractivity contribution in [1.82, 2.24) is 0 Å². The molecule has 0 atom stereocenters. The molecule has 0 aliphatic heterocycles. The molecule has 2 aromatic rings. The summed E-state index contributed by atoms with van der Waals surface area (Å²) in [6.07, 6.45) is 2.78. The van der Waals surface area contributed by atoms with Crippen molar-refractivity contribution in [1.29, 1.82) is 5.41 Å². The third-order valence-corrected chi connectivity index (χ3v) is 4.12. The molecule has 29 heavy (non-hydrogen) atoms. The number of hydrogen-bond acceptors (Lipinski definition) is 5. The number of aromatic carboxylic acids is 2. The Kier molecular flexibility index (Phi) is 14.1. The van der Waals surface area contributed by atoms with Gasteiger partial charge in [0.15, 0.2) is 0 Å². The maximum atomic E-state index is 10.6. The van der Waals surface area contributed by atoms with Crippen LogP contribution in [0.25, 0.3) is 0 Å². The predicted molar refractivity (Wildman–Crippen MR) is 126 cm³/mol. The summed E-state index contributed by atoms with van der Waals surface area (Å²) in [7, 11) is 0. The van der Waals surface area contributed by atoms with Gasteiger partial charge in [-0.3, -0.25) is 5.41 Å². The number of nitrogens with one attached hydrogen (secondary N) is 1. The first-order chi connectivity index (χ1) is 12.7. The topological polar surface area (TPSA) is 124 Å². The van der Waals surface area contributed by atoms with Crippen molar-refractivity contribution in [3.63, 3.8) is 0 Å². The Morgan fingerprint density at radius 2 is 1.38 bits per heavy atom. The van der Waals surface area contributed by atoms with Crippen molar-refractivity contribution < 1.29 is 19.8 Å². The van der Waals surface area contributed by atoms with Gasteiger partial charge in [-0.1, -0.05) is 51.3 Å². The zero-order chi connectivity index (χ0) is 20.4. The van der Waals surface area contributed by atoms with Crippen LogP contribution >= 0.6 is 24.0 Å². The van der Waals surface area contributed by atoms with Crippen LogP contribution in [0, 0.1) is 5.41 Å². The molecule has 0 saturated carbocycles. The summed E-state index contributed by atoms with van der Waals surface area (Å²) in [4.78, 5) is 21.6. The molecule has 6 nitrogen and oxygen atoms in total. The lowest BCUT2D eigenvalue weighted by atomic mass is 10.1. The molecule has 0 aromatic heterocycles. The molecule has 158 valence electrons. The van der Waals surface area contributed by atoms with E-state index in [4.69, 9.17) is 33.6 Å². The van der Waals surface area contributed by atoms with Gasteiger partial charge >= 0.3 is 11.9 Å². The molecule has 8 heteroatoms. The summed E-state index contributed by atoms with van der Waals surface area (Å²) < 4.78 is 0. The minimum Gasteiger partial charge on any atom is -0.478 e. The van der Waals surface area contributed by atoms with Gasteiger partial charge in [-0.2, -0.15) is 0 Å². The number of carboxylic acid groups (broad SMARTS) is 2. The van der Waals surface area contributed by atoms with Crippen LogP contribution in [0.4, 0.5) is 0 Å². The highest BCUT2D eigenvalue weighted by Gasteiger charge is 2.04. The fourth-order valence-electron chi connectivity index (χ4n) is 2.09. The number of carboxylic acids is 2. The Morgan fingerprint density at radius 3 is 1.72 bits per heavy atom. The lowest BCUT2D eigenvalue weighted by Crippen LogP contribution is -2.11. The van der Waals surface area contributed by atoms with Gasteiger partial charge in [0, 0.05) is 12.8 Å². The molecule has 0 fully saturated rings. The van der Waals surface area contributed by atoms with Gasteiger partial charge in [-0.15, -0.1) is 11.8 Å². The molecule has 2 rings (SSSR count). The van der Waals surface area contributed by atoms with E-state index in [1.807, 2.05) is 12.3 Å². The van der Waals surface area contributed by atoms with E-state index in [9.17, 15) is 9.59 Å². The highest BCUT2D eigenvalue weighted by atomic mass is 32.2. The largest absolute Gasteiger partial charge is 0.478 e. The smallest absolute Gasteiger partial charge is 0.335 e. The molecule has 0 amide bonds. The molecule has 0 heterocycles. The lowest BCUT2D eigenvalue weighted by molar-refractivity contribution is 0.0686. The summed E-state index contributed by atoms with van der Waals surface area (Å²) in [6.45, 7) is 0. The molecule has 0 unspecified atom stereocenters. The standard InChI is InChI=1S/C10H11NO2S.C9H9NO2S.2CH4/c1-14-9(11)6-7-3-2-4-8(5-7)10(12)13;10-8(13)5-6-2-1-3-7(4-6)9(11)12;;/h2-5,11H,6H2,1H3,(H,12,13);1-4H,5H2,(H2,10,13)(H,11,12);2*1H4. The predicted octanol–water partition coefficient (Wildman–Crippen LogP) is 4.75. The van der Waals surface area contributed by atoms with Gasteiger partial charge < -0.3 is 15.9 Å². The van der Waals surface area contributed by atoms with E-state index < -0.39 is 11.9 Å². The number of rotatable bonds is 6. The number of benzene rings is 2. The van der Waals surface area contributed by atoms with Gasteiger partial charge in [0.25, 0.3) is 0 Å². The van der Waals surface area contributed by atoms with Crippen molar-refractivity contribution in [3.8, 4) is 0 Å². The van der Waals surface area contributed by atoms with Crippen LogP contribution in [0.2, 0.25) is 0 Å². The first-order valence-electron chi connectivity index (χ1n) is 7.77. The average molecular weight is 437 g/mol. The van der Waals surface area contributed by atoms with Gasteiger partial charge in [-0.25, -0.2) is 9.59 Å². The molecule has 0 aliphatic rings. The number of nitrogens with two attached hydrogens (primary N) is 1. The Morgan fingerprint density at radius 1 is 0.966 bits per heavy atom. The molecule has 5 N–H and O–H groups in total. The molecule has 0 aliphatic carbocycles. The number of hydrogen-bond donors (Lipinski definition) is 4. The van der Waals surface area contributed by atoms with E-state index in [0.29, 0.717) is 22.9 Å². The van der Waals surface area contributed by atoms with Crippen molar-refractivity contribution in [2.75, 3.05) is 6.26 Å². The normalized spacial score (nSPS) is 9.00. The van der Waals surface area contributed by atoms with Crippen molar-refractivity contribution >= 4 is 46.0 Å². The lowest BCUT2D eigenvalue weighted by Gasteiger charge is -2.01. The van der Waals surface area contributed by atoms with E-state index in [0.717, 1.165) is 11.1 Å². The summed E-state index contributed by atoms with van der Waals surface area (Å²) >= 11 is 6.09. The molecular formula is C21H28N2O4S2. The molecular weight excluding hydrogens is 408 g/mol. The Hall–Kier alpha value is -2.71. The van der Waals surface area contributed by atoms with Crippen molar-refractivity contribution in [3.05, 3.63) is 70.8 Å². The maximum Gasteiger partial charge on any atom is 0.335 e. The van der Waals surface area contributed by atoms with Crippen molar-refractivity contribution in [2.45, 2.75) is 27.7 Å². The van der Waals surface area contributed by atoms with E-state index in [2.05, 4.69) is 0 Å². The van der Waals surface area contributed by atoms with Gasteiger partial charge in [0.1, 0.15) is 0 Å². The van der Waals surface area contributed by atoms with Crippen LogP contribution in [0.3, 0.4) is 0 Å². The Balaban J connectivity index is 0. The quantitative estimate of drug-likeness (QED) is 0.292. The van der Waals surface area contributed by atoms with Gasteiger partial charge in [0.2, 0.25) is 0 Å². The first kappa shape index (κ1) is 28.5. The number of carbonyl (C=O) groups is 2. The van der Waals surface area contributed by atoms with E-state index in [1.54, 1.807) is 36.4 Å². The second-order valence-corrected chi connectivity index (χ2v) is 6.88. The van der Waals surface area contributed by atoms with Gasteiger partial charge in [0.05, 0.1) is 21.2 Å². The van der Waals surface area contributed by atoms with E-state index >= 15 is 0 Å². The summed E-state index contributed by atoms with van der Waals surface area (Å²) in [6, 6.07) is 13.3. The van der Waals surface area contributed by atoms with Crippen LogP contribution in [-0.2, 0) is 12.8 Å². The molecule has 2 aromatic carbocycles. The van der Waals surface area contributed by atoms with E-state index in [-0.39, 0.29) is 26.0 Å². The third kappa shape index (κ3) is 11.0. The molecule has 0 saturated heterocycles. The van der Waals surface area contributed by atoms with Crippen LogP contribution in [0.15, 0.2) is 48.5 Å². The highest BCUT2D eigenvalue weighted by Crippen LogP contribution is 2.10. The zero-order valence-electron chi connectivity index (χ0n) is 14.6. The molecule has 0 spiro atoms. The van der Waals surface area contributed by atoms with Crippen LogP contribution in [0.5, 0.6) is 0 Å². The SMILES string of the molecule is C.C.CSC(=N)Cc1cccc(C(=O)O)c1.NC(=S)Cc1cccc(C(=O)O)c1. The van der Waals surface area contributed by atoms with Crippen LogP contribution in [0.1, 0.15) is 46.7 Å². The number of thiocarbonyl (C=S) groups is 1. The van der Waals surface area contributed by atoms with Crippen molar-refractivity contribution in [2.24, 2.45) is 5.73 Å². The fraction of sp³-hybridized carbons (Fsp3) is 0.238. The second-order valence-electron chi connectivity index (χ2n) is 5.46. The summed E-state index contributed by atoms with van der Waals surface area (Å²) in [5.74, 6) is -1.87. The Labute approximate surface area is 181 Å². The summed E-state index contributed by atoms with van der Waals surface area (Å²) in [5, 5.41) is 25.4.